The topological polar surface area (TPSA) is 38.0 Å². The minimum absolute atomic E-state index is 0.612. The second-order valence-electron chi connectivity index (χ2n) is 4.12. The molecule has 0 saturated heterocycles. The number of aryl methyl sites for hydroxylation is 2. The highest BCUT2D eigenvalue weighted by Crippen LogP contribution is 2.17. The minimum Gasteiger partial charge on any atom is -0.390 e. The molecule has 0 fully saturated rings. The zero-order valence-electron chi connectivity index (χ0n) is 9.54. The van der Waals surface area contributed by atoms with Gasteiger partial charge in [-0.25, -0.2) is 0 Å². The Labute approximate surface area is 85.8 Å². The number of rotatable bonds is 4. The summed E-state index contributed by atoms with van der Waals surface area (Å²) < 4.78 is 1.96. The summed E-state index contributed by atoms with van der Waals surface area (Å²) in [5.41, 5.74) is 1.53. The largest absolute Gasteiger partial charge is 0.390 e. The predicted octanol–water partition coefficient (Wildman–Crippen LogP) is 1.91. The molecule has 3 heteroatoms. The highest BCUT2D eigenvalue weighted by atomic mass is 16.3. The Bertz CT molecular complexity index is 302. The van der Waals surface area contributed by atoms with Gasteiger partial charge in [-0.15, -0.1) is 0 Å². The van der Waals surface area contributed by atoms with Gasteiger partial charge in [0, 0.05) is 18.7 Å². The van der Waals surface area contributed by atoms with Crippen molar-refractivity contribution in [2.45, 2.75) is 52.7 Å². The number of hydrogen-bond donors (Lipinski definition) is 1. The molecule has 0 aliphatic heterocycles. The smallest absolute Gasteiger partial charge is 0.0672 e. The summed E-state index contributed by atoms with van der Waals surface area (Å²) in [7, 11) is 0. The van der Waals surface area contributed by atoms with Gasteiger partial charge in [0.15, 0.2) is 0 Å². The van der Waals surface area contributed by atoms with Crippen LogP contribution in [0.5, 0.6) is 0 Å². The van der Waals surface area contributed by atoms with E-state index >= 15 is 0 Å². The van der Waals surface area contributed by atoms with Crippen LogP contribution in [0.4, 0.5) is 0 Å². The average molecular weight is 196 g/mol. The van der Waals surface area contributed by atoms with Crippen LogP contribution in [0.15, 0.2) is 6.07 Å². The van der Waals surface area contributed by atoms with Crippen molar-refractivity contribution in [3.8, 4) is 0 Å². The lowest BCUT2D eigenvalue weighted by molar-refractivity contribution is 0.0543. The van der Waals surface area contributed by atoms with E-state index in [1.165, 1.54) is 0 Å². The maximum atomic E-state index is 9.96. The third-order valence-electron chi connectivity index (χ3n) is 2.61. The molecular weight excluding hydrogens is 176 g/mol. The van der Waals surface area contributed by atoms with Crippen LogP contribution < -0.4 is 0 Å². The molecule has 80 valence electrons. The second-order valence-corrected chi connectivity index (χ2v) is 4.12. The lowest BCUT2D eigenvalue weighted by Gasteiger charge is -2.21. The molecule has 3 nitrogen and oxygen atoms in total. The number of hydrogen-bond acceptors (Lipinski definition) is 2. The van der Waals surface area contributed by atoms with Crippen molar-refractivity contribution < 1.29 is 5.11 Å². The Morgan fingerprint density at radius 1 is 1.50 bits per heavy atom. The molecular formula is C11H20N2O. The van der Waals surface area contributed by atoms with E-state index in [0.717, 1.165) is 24.4 Å². The van der Waals surface area contributed by atoms with Gasteiger partial charge in [-0.2, -0.15) is 5.10 Å². The van der Waals surface area contributed by atoms with E-state index < -0.39 is 5.60 Å². The average Bonchev–Trinajstić information content (AvgIpc) is 2.45. The molecule has 0 aliphatic rings. The predicted molar refractivity (Wildman–Crippen MR) is 57.3 cm³/mol. The highest BCUT2D eigenvalue weighted by Gasteiger charge is 2.20. The van der Waals surface area contributed by atoms with E-state index in [1.54, 1.807) is 0 Å². The summed E-state index contributed by atoms with van der Waals surface area (Å²) in [4.78, 5) is 0. The molecule has 1 aromatic rings. The molecule has 1 heterocycles. The fourth-order valence-corrected chi connectivity index (χ4v) is 1.53. The van der Waals surface area contributed by atoms with Crippen LogP contribution in [0, 0.1) is 6.92 Å². The normalized spacial score (nSPS) is 15.5. The van der Waals surface area contributed by atoms with Crippen LogP contribution in [-0.4, -0.2) is 20.5 Å². The van der Waals surface area contributed by atoms with Gasteiger partial charge in [0.25, 0.3) is 0 Å². The van der Waals surface area contributed by atoms with Gasteiger partial charge < -0.3 is 5.11 Å². The number of nitrogens with zero attached hydrogens (tertiary/aromatic N) is 2. The van der Waals surface area contributed by atoms with E-state index in [0.29, 0.717) is 6.42 Å². The molecule has 0 spiro atoms. The summed E-state index contributed by atoms with van der Waals surface area (Å²) in [5, 5.41) is 14.3. The first-order valence-corrected chi connectivity index (χ1v) is 5.24. The fourth-order valence-electron chi connectivity index (χ4n) is 1.53. The van der Waals surface area contributed by atoms with Gasteiger partial charge >= 0.3 is 0 Å². The lowest BCUT2D eigenvalue weighted by Crippen LogP contribution is -2.27. The Kier molecular flexibility index (Phi) is 3.32. The van der Waals surface area contributed by atoms with Crippen LogP contribution in [0.25, 0.3) is 0 Å². The van der Waals surface area contributed by atoms with E-state index in [4.69, 9.17) is 0 Å². The van der Waals surface area contributed by atoms with Crippen molar-refractivity contribution in [2.75, 3.05) is 0 Å². The standard InChI is InChI=1S/C11H20N2O/c1-5-11(4,14)8-10-7-9(3)12-13(10)6-2/h7,14H,5-6,8H2,1-4H3. The Hall–Kier alpha value is -0.830. The van der Waals surface area contributed by atoms with Crippen molar-refractivity contribution in [1.82, 2.24) is 9.78 Å². The molecule has 1 unspecified atom stereocenters. The minimum atomic E-state index is -0.612. The first-order valence-electron chi connectivity index (χ1n) is 5.24. The zero-order chi connectivity index (χ0) is 10.8. The first kappa shape index (κ1) is 11.2. The van der Waals surface area contributed by atoms with Gasteiger partial charge in [0.1, 0.15) is 0 Å². The summed E-state index contributed by atoms with van der Waals surface area (Å²) in [6, 6.07) is 2.05. The van der Waals surface area contributed by atoms with Crippen molar-refractivity contribution >= 4 is 0 Å². The van der Waals surface area contributed by atoms with E-state index in [2.05, 4.69) is 12.0 Å². The third-order valence-corrected chi connectivity index (χ3v) is 2.61. The zero-order valence-corrected chi connectivity index (χ0v) is 9.54. The van der Waals surface area contributed by atoms with E-state index in [9.17, 15) is 5.11 Å². The maximum Gasteiger partial charge on any atom is 0.0672 e. The van der Waals surface area contributed by atoms with Crippen molar-refractivity contribution in [1.29, 1.82) is 0 Å². The molecule has 0 radical (unpaired) electrons. The van der Waals surface area contributed by atoms with Crippen LogP contribution in [0.1, 0.15) is 38.6 Å². The van der Waals surface area contributed by atoms with Gasteiger partial charge in [0.2, 0.25) is 0 Å². The quantitative estimate of drug-likeness (QED) is 0.799. The molecule has 1 atom stereocenters. The molecule has 0 bridgehead atoms. The summed E-state index contributed by atoms with van der Waals surface area (Å²) >= 11 is 0. The van der Waals surface area contributed by atoms with Gasteiger partial charge in [-0.1, -0.05) is 6.92 Å². The van der Waals surface area contributed by atoms with E-state index in [1.807, 2.05) is 31.5 Å². The number of aromatic nitrogens is 2. The van der Waals surface area contributed by atoms with Crippen molar-refractivity contribution in [3.05, 3.63) is 17.5 Å². The van der Waals surface area contributed by atoms with Crippen LogP contribution in [0.3, 0.4) is 0 Å². The molecule has 0 aromatic carbocycles. The molecule has 0 saturated carbocycles. The van der Waals surface area contributed by atoms with Crippen molar-refractivity contribution in [3.63, 3.8) is 0 Å². The van der Waals surface area contributed by atoms with Crippen molar-refractivity contribution in [2.24, 2.45) is 0 Å². The molecule has 14 heavy (non-hydrogen) atoms. The van der Waals surface area contributed by atoms with E-state index in [-0.39, 0.29) is 0 Å². The SMILES string of the molecule is CCn1nc(C)cc1CC(C)(O)CC. The lowest BCUT2D eigenvalue weighted by atomic mass is 9.97. The first-order chi connectivity index (χ1) is 6.48. The molecule has 1 aromatic heterocycles. The Balaban J connectivity index is 2.85. The van der Waals surface area contributed by atoms with Crippen LogP contribution >= 0.6 is 0 Å². The summed E-state index contributed by atoms with van der Waals surface area (Å²) in [5.74, 6) is 0. The highest BCUT2D eigenvalue weighted by molar-refractivity contribution is 5.11. The van der Waals surface area contributed by atoms with Gasteiger partial charge in [-0.05, 0) is 33.3 Å². The van der Waals surface area contributed by atoms with Crippen LogP contribution in [0.2, 0.25) is 0 Å². The molecule has 0 amide bonds. The van der Waals surface area contributed by atoms with Gasteiger partial charge in [-0.3, -0.25) is 4.68 Å². The third kappa shape index (κ3) is 2.58. The van der Waals surface area contributed by atoms with Crippen LogP contribution in [-0.2, 0) is 13.0 Å². The Morgan fingerprint density at radius 2 is 2.14 bits per heavy atom. The fraction of sp³-hybridized carbons (Fsp3) is 0.727. The number of aliphatic hydroxyl groups is 1. The Morgan fingerprint density at radius 3 is 2.64 bits per heavy atom. The summed E-state index contributed by atoms with van der Waals surface area (Å²) in [6.07, 6.45) is 1.44. The monoisotopic (exact) mass is 196 g/mol. The summed E-state index contributed by atoms with van der Waals surface area (Å²) in [6.45, 7) is 8.78. The molecule has 0 aliphatic carbocycles. The molecule has 1 rings (SSSR count). The van der Waals surface area contributed by atoms with Gasteiger partial charge in [0.05, 0.1) is 11.3 Å². The maximum absolute atomic E-state index is 9.96. The second kappa shape index (κ2) is 4.13. The molecule has 1 N–H and O–H groups in total.